The Labute approximate surface area is 126 Å². The summed E-state index contributed by atoms with van der Waals surface area (Å²) in [7, 11) is 1.58. The van der Waals surface area contributed by atoms with E-state index in [1.165, 1.54) is 11.3 Å². The Balaban J connectivity index is 2.39. The van der Waals surface area contributed by atoms with Gasteiger partial charge >= 0.3 is 5.97 Å². The fourth-order valence-corrected chi connectivity index (χ4v) is 3.07. The zero-order valence-corrected chi connectivity index (χ0v) is 13.1. The fourth-order valence-electron chi connectivity index (χ4n) is 2.23. The molecule has 0 aliphatic heterocycles. The number of carboxylic acid groups (broad SMARTS) is 1. The van der Waals surface area contributed by atoms with E-state index in [9.17, 15) is 9.90 Å². The first-order chi connectivity index (χ1) is 10.1. The SMILES string of the molecule is CCC(CC)(Cn1nnnc1-c1sccc1OC)C(=O)O. The largest absolute Gasteiger partial charge is 0.495 e. The Morgan fingerprint density at radius 1 is 1.48 bits per heavy atom. The number of thiophene rings is 1. The number of hydrogen-bond donors (Lipinski definition) is 1. The molecule has 0 aromatic carbocycles. The molecule has 0 fully saturated rings. The second-order valence-electron chi connectivity index (χ2n) is 4.77. The minimum Gasteiger partial charge on any atom is -0.495 e. The molecule has 7 nitrogen and oxygen atoms in total. The molecule has 0 unspecified atom stereocenters. The van der Waals surface area contributed by atoms with Crippen molar-refractivity contribution in [1.82, 2.24) is 20.2 Å². The monoisotopic (exact) mass is 310 g/mol. The van der Waals surface area contributed by atoms with Crippen LogP contribution in [0.2, 0.25) is 0 Å². The zero-order valence-electron chi connectivity index (χ0n) is 12.2. The van der Waals surface area contributed by atoms with Crippen LogP contribution in [0.3, 0.4) is 0 Å². The number of carboxylic acids is 1. The number of carbonyl (C=O) groups is 1. The van der Waals surface area contributed by atoms with Crippen LogP contribution in [-0.4, -0.2) is 38.4 Å². The normalized spacial score (nSPS) is 11.6. The number of tetrazole rings is 1. The number of ether oxygens (including phenoxy) is 1. The molecule has 0 bridgehead atoms. The van der Waals surface area contributed by atoms with Gasteiger partial charge in [0, 0.05) is 0 Å². The molecule has 0 aliphatic rings. The first-order valence-electron chi connectivity index (χ1n) is 6.69. The van der Waals surface area contributed by atoms with Crippen molar-refractivity contribution in [3.63, 3.8) is 0 Å². The van der Waals surface area contributed by atoms with E-state index < -0.39 is 11.4 Å². The van der Waals surface area contributed by atoms with Crippen molar-refractivity contribution in [2.24, 2.45) is 5.41 Å². The lowest BCUT2D eigenvalue weighted by Gasteiger charge is -2.26. The van der Waals surface area contributed by atoms with Crippen molar-refractivity contribution < 1.29 is 14.6 Å². The number of rotatable bonds is 7. The van der Waals surface area contributed by atoms with E-state index in [0.717, 1.165) is 4.88 Å². The number of hydrogen-bond acceptors (Lipinski definition) is 6. The fraction of sp³-hybridized carbons (Fsp3) is 0.538. The number of aromatic nitrogens is 4. The van der Waals surface area contributed by atoms with Gasteiger partial charge in [0.25, 0.3) is 0 Å². The van der Waals surface area contributed by atoms with Crippen LogP contribution in [-0.2, 0) is 11.3 Å². The van der Waals surface area contributed by atoms with Crippen molar-refractivity contribution in [2.45, 2.75) is 33.2 Å². The molecule has 0 atom stereocenters. The average Bonchev–Trinajstić information content (AvgIpc) is 3.12. The maximum absolute atomic E-state index is 11.6. The van der Waals surface area contributed by atoms with Crippen molar-refractivity contribution in [2.75, 3.05) is 7.11 Å². The minimum absolute atomic E-state index is 0.235. The predicted molar refractivity (Wildman–Crippen MR) is 78.3 cm³/mol. The van der Waals surface area contributed by atoms with E-state index in [0.29, 0.717) is 24.4 Å². The van der Waals surface area contributed by atoms with Crippen LogP contribution in [0.25, 0.3) is 10.7 Å². The molecule has 0 saturated heterocycles. The summed E-state index contributed by atoms with van der Waals surface area (Å²) in [5.74, 6) is 0.395. The third kappa shape index (κ3) is 2.76. The van der Waals surface area contributed by atoms with Crippen LogP contribution < -0.4 is 4.74 Å². The molecular formula is C13H18N4O3S. The summed E-state index contributed by atoms with van der Waals surface area (Å²) in [5, 5.41) is 23.1. The molecule has 2 aromatic rings. The van der Waals surface area contributed by atoms with Gasteiger partial charge in [-0.25, -0.2) is 4.68 Å². The molecule has 21 heavy (non-hydrogen) atoms. The van der Waals surface area contributed by atoms with Gasteiger partial charge in [0.05, 0.1) is 19.1 Å². The van der Waals surface area contributed by atoms with E-state index in [1.807, 2.05) is 25.3 Å². The molecule has 2 aromatic heterocycles. The number of methoxy groups -OCH3 is 1. The van der Waals surface area contributed by atoms with E-state index in [4.69, 9.17) is 4.74 Å². The second kappa shape index (κ2) is 6.21. The molecule has 2 rings (SSSR count). The summed E-state index contributed by atoms with van der Waals surface area (Å²) in [6.45, 7) is 3.97. The molecule has 0 radical (unpaired) electrons. The van der Waals surface area contributed by atoms with Crippen LogP contribution >= 0.6 is 11.3 Å². The van der Waals surface area contributed by atoms with Gasteiger partial charge in [-0.3, -0.25) is 4.79 Å². The first kappa shape index (κ1) is 15.4. The highest BCUT2D eigenvalue weighted by molar-refractivity contribution is 7.13. The van der Waals surface area contributed by atoms with Crippen molar-refractivity contribution in [3.8, 4) is 16.5 Å². The minimum atomic E-state index is -0.866. The number of nitrogens with zero attached hydrogens (tertiary/aromatic N) is 4. The van der Waals surface area contributed by atoms with E-state index >= 15 is 0 Å². The molecule has 0 amide bonds. The molecule has 0 spiro atoms. The third-order valence-electron chi connectivity index (χ3n) is 3.84. The first-order valence-corrected chi connectivity index (χ1v) is 7.57. The molecule has 0 aliphatic carbocycles. The van der Waals surface area contributed by atoms with Gasteiger partial charge in [-0.2, -0.15) is 0 Å². The lowest BCUT2D eigenvalue weighted by molar-refractivity contribution is -0.150. The summed E-state index contributed by atoms with van der Waals surface area (Å²) < 4.78 is 6.83. The summed E-state index contributed by atoms with van der Waals surface area (Å²) in [6, 6.07) is 1.84. The molecule has 0 saturated carbocycles. The Hall–Kier alpha value is -1.96. The molecule has 114 valence electrons. The van der Waals surface area contributed by atoms with Gasteiger partial charge in [-0.1, -0.05) is 13.8 Å². The van der Waals surface area contributed by atoms with Crippen LogP contribution in [0.5, 0.6) is 5.75 Å². The summed E-state index contributed by atoms with van der Waals surface area (Å²) in [5.41, 5.74) is -0.866. The van der Waals surface area contributed by atoms with Crippen LogP contribution in [0.4, 0.5) is 0 Å². The Bertz CT molecular complexity index is 618. The summed E-state index contributed by atoms with van der Waals surface area (Å²) in [6.07, 6.45) is 1.03. The topological polar surface area (TPSA) is 90.1 Å². The Morgan fingerprint density at radius 2 is 2.19 bits per heavy atom. The zero-order chi connectivity index (χ0) is 15.5. The van der Waals surface area contributed by atoms with Crippen molar-refractivity contribution in [3.05, 3.63) is 11.4 Å². The van der Waals surface area contributed by atoms with Gasteiger partial charge in [0.15, 0.2) is 5.82 Å². The van der Waals surface area contributed by atoms with Gasteiger partial charge in [-0.15, -0.1) is 16.4 Å². The van der Waals surface area contributed by atoms with Crippen molar-refractivity contribution >= 4 is 17.3 Å². The average molecular weight is 310 g/mol. The summed E-state index contributed by atoms with van der Waals surface area (Å²) >= 11 is 1.46. The highest BCUT2D eigenvalue weighted by Gasteiger charge is 2.37. The van der Waals surface area contributed by atoms with Crippen LogP contribution in [0, 0.1) is 5.41 Å². The Morgan fingerprint density at radius 3 is 2.76 bits per heavy atom. The highest BCUT2D eigenvalue weighted by atomic mass is 32.1. The lowest BCUT2D eigenvalue weighted by Crippen LogP contribution is -2.35. The van der Waals surface area contributed by atoms with E-state index in [1.54, 1.807) is 11.8 Å². The van der Waals surface area contributed by atoms with Gasteiger partial charge in [0.2, 0.25) is 0 Å². The Kier molecular flexibility index (Phi) is 4.56. The van der Waals surface area contributed by atoms with Crippen molar-refractivity contribution in [1.29, 1.82) is 0 Å². The standard InChI is InChI=1S/C13H18N4O3S/c1-4-13(5-2,12(18)19)8-17-11(14-15-16-17)10-9(20-3)6-7-21-10/h6-7H,4-5,8H2,1-3H3,(H,18,19). The molecular weight excluding hydrogens is 292 g/mol. The number of aliphatic carboxylic acids is 1. The lowest BCUT2D eigenvalue weighted by atomic mass is 9.82. The quantitative estimate of drug-likeness (QED) is 0.844. The second-order valence-corrected chi connectivity index (χ2v) is 5.69. The maximum Gasteiger partial charge on any atom is 0.311 e. The molecule has 2 heterocycles. The van der Waals surface area contributed by atoms with Crippen LogP contribution in [0.1, 0.15) is 26.7 Å². The van der Waals surface area contributed by atoms with Crippen LogP contribution in [0.15, 0.2) is 11.4 Å². The van der Waals surface area contributed by atoms with Gasteiger partial charge in [-0.05, 0) is 34.7 Å². The maximum atomic E-state index is 11.6. The smallest absolute Gasteiger partial charge is 0.311 e. The van der Waals surface area contributed by atoms with E-state index in [-0.39, 0.29) is 6.54 Å². The molecule has 1 N–H and O–H groups in total. The van der Waals surface area contributed by atoms with E-state index in [2.05, 4.69) is 15.5 Å². The van der Waals surface area contributed by atoms with Gasteiger partial charge in [0.1, 0.15) is 10.6 Å². The predicted octanol–water partition coefficient (Wildman–Crippen LogP) is 2.30. The third-order valence-corrected chi connectivity index (χ3v) is 4.74. The highest BCUT2D eigenvalue weighted by Crippen LogP contribution is 2.35. The molecule has 8 heteroatoms. The van der Waals surface area contributed by atoms with Gasteiger partial charge < -0.3 is 9.84 Å². The summed E-state index contributed by atoms with van der Waals surface area (Å²) in [4.78, 5) is 12.4.